The van der Waals surface area contributed by atoms with E-state index in [1.165, 1.54) is 0 Å². The quantitative estimate of drug-likeness (QED) is 0.524. The van der Waals surface area contributed by atoms with Gasteiger partial charge in [0.15, 0.2) is 0 Å². The zero-order valence-corrected chi connectivity index (χ0v) is 16.6. The van der Waals surface area contributed by atoms with Crippen LogP contribution < -0.4 is 10.6 Å². The number of rotatable bonds is 7. The van der Waals surface area contributed by atoms with Gasteiger partial charge in [-0.1, -0.05) is 15.9 Å². The van der Waals surface area contributed by atoms with E-state index in [1.54, 1.807) is 11.8 Å². The van der Waals surface area contributed by atoms with Crippen molar-refractivity contribution in [2.24, 2.45) is 0 Å². The molecule has 130 valence electrons. The molecule has 1 saturated heterocycles. The van der Waals surface area contributed by atoms with Crippen LogP contribution in [0.2, 0.25) is 0 Å². The van der Waals surface area contributed by atoms with Gasteiger partial charge in [0, 0.05) is 42.1 Å². The van der Waals surface area contributed by atoms with E-state index in [2.05, 4.69) is 31.5 Å². The molecule has 1 amide bonds. The molecule has 1 fully saturated rings. The number of carbonyl (C=O) groups excluding carboxylic acids is 1. The molecule has 0 bridgehead atoms. The fraction of sp³-hybridized carbons (Fsp3) is 0.562. The summed E-state index contributed by atoms with van der Waals surface area (Å²) < 4.78 is 1.06. The summed E-state index contributed by atoms with van der Waals surface area (Å²) in [5, 5.41) is 6.32. The Bertz CT molecular complexity index is 469. The van der Waals surface area contributed by atoms with Crippen LogP contribution >= 0.6 is 40.1 Å². The minimum Gasteiger partial charge on any atom is -0.355 e. The zero-order valence-electron chi connectivity index (χ0n) is 13.4. The largest absolute Gasteiger partial charge is 0.355 e. The Morgan fingerprint density at radius 1 is 1.35 bits per heavy atom. The van der Waals surface area contributed by atoms with Gasteiger partial charge in [0.25, 0.3) is 0 Å². The number of hydrogen-bond acceptors (Lipinski definition) is 4. The lowest BCUT2D eigenvalue weighted by Crippen LogP contribution is -2.44. The van der Waals surface area contributed by atoms with Gasteiger partial charge < -0.3 is 15.5 Å². The number of carbonyl (C=O) groups is 1. The van der Waals surface area contributed by atoms with Gasteiger partial charge >= 0.3 is 0 Å². The smallest absolute Gasteiger partial charge is 0.233 e. The van der Waals surface area contributed by atoms with Gasteiger partial charge in [0.05, 0.1) is 5.25 Å². The normalized spacial score (nSPS) is 16.4. The molecule has 1 aliphatic heterocycles. The molecule has 2 rings (SSSR count). The summed E-state index contributed by atoms with van der Waals surface area (Å²) in [5.41, 5.74) is 0. The number of thioether (sulfide) groups is 1. The highest BCUT2D eigenvalue weighted by Crippen LogP contribution is 2.24. The van der Waals surface area contributed by atoms with Crippen molar-refractivity contribution in [3.63, 3.8) is 0 Å². The van der Waals surface area contributed by atoms with E-state index in [4.69, 9.17) is 0 Å². The van der Waals surface area contributed by atoms with E-state index >= 15 is 0 Å². The van der Waals surface area contributed by atoms with E-state index in [1.807, 2.05) is 31.2 Å². The molecule has 1 aliphatic rings. The van der Waals surface area contributed by atoms with E-state index < -0.39 is 0 Å². The molecule has 1 atom stereocenters. The van der Waals surface area contributed by atoms with Crippen molar-refractivity contribution >= 4 is 46.0 Å². The average molecular weight is 423 g/mol. The molecular formula is C16H25BrClN3OS. The molecule has 0 aliphatic carbocycles. The van der Waals surface area contributed by atoms with Crippen molar-refractivity contribution in [2.45, 2.75) is 23.5 Å². The highest BCUT2D eigenvalue weighted by molar-refractivity contribution is 9.10. The maximum atomic E-state index is 12.1. The molecule has 0 aromatic heterocycles. The molecular weight excluding hydrogens is 398 g/mol. The standard InChI is InChI=1S/C16H24BrN3OS.ClH/c1-13(22-15-5-3-14(17)4-6-15)16(21)19-7-2-10-20-11-8-18-9-12-20;/h3-6,13,18H,2,7-12H2,1H3,(H,19,21);1H. The molecule has 1 unspecified atom stereocenters. The second kappa shape index (κ2) is 11.3. The molecule has 0 spiro atoms. The lowest BCUT2D eigenvalue weighted by Gasteiger charge is -2.27. The zero-order chi connectivity index (χ0) is 15.8. The van der Waals surface area contributed by atoms with Crippen LogP contribution in [0.5, 0.6) is 0 Å². The Morgan fingerprint density at radius 2 is 2.00 bits per heavy atom. The molecule has 2 N–H and O–H groups in total. The van der Waals surface area contributed by atoms with Gasteiger partial charge in [-0.2, -0.15) is 0 Å². The van der Waals surface area contributed by atoms with Crippen molar-refractivity contribution < 1.29 is 4.79 Å². The second-order valence-electron chi connectivity index (χ2n) is 5.45. The predicted molar refractivity (Wildman–Crippen MR) is 104 cm³/mol. The summed E-state index contributed by atoms with van der Waals surface area (Å²) in [4.78, 5) is 15.7. The predicted octanol–water partition coefficient (Wildman–Crippen LogP) is 2.76. The number of benzene rings is 1. The Hall–Kier alpha value is -0.270. The Kier molecular flexibility index (Phi) is 10.2. The molecule has 0 radical (unpaired) electrons. The van der Waals surface area contributed by atoms with Crippen LogP contribution in [-0.2, 0) is 4.79 Å². The van der Waals surface area contributed by atoms with Gasteiger partial charge in [-0.05, 0) is 44.2 Å². The molecule has 1 heterocycles. The SMILES string of the molecule is CC(Sc1ccc(Br)cc1)C(=O)NCCCN1CCNCC1.Cl. The van der Waals surface area contributed by atoms with E-state index in [0.717, 1.165) is 55.1 Å². The maximum absolute atomic E-state index is 12.1. The topological polar surface area (TPSA) is 44.4 Å². The Labute approximate surface area is 157 Å². The summed E-state index contributed by atoms with van der Waals surface area (Å²) in [6, 6.07) is 8.06. The van der Waals surface area contributed by atoms with Crippen molar-refractivity contribution in [2.75, 3.05) is 39.3 Å². The molecule has 4 nitrogen and oxygen atoms in total. The van der Waals surface area contributed by atoms with Crippen LogP contribution in [-0.4, -0.2) is 55.3 Å². The van der Waals surface area contributed by atoms with Crippen LogP contribution in [0, 0.1) is 0 Å². The number of piperazine rings is 1. The van der Waals surface area contributed by atoms with E-state index in [-0.39, 0.29) is 23.6 Å². The first-order valence-electron chi connectivity index (χ1n) is 7.78. The highest BCUT2D eigenvalue weighted by atomic mass is 79.9. The fourth-order valence-electron chi connectivity index (χ4n) is 2.36. The summed E-state index contributed by atoms with van der Waals surface area (Å²) in [7, 11) is 0. The molecule has 1 aromatic carbocycles. The Balaban J connectivity index is 0.00000264. The van der Waals surface area contributed by atoms with Crippen molar-refractivity contribution in [3.8, 4) is 0 Å². The number of halogens is 2. The maximum Gasteiger partial charge on any atom is 0.233 e. The van der Waals surface area contributed by atoms with Crippen LogP contribution in [0.25, 0.3) is 0 Å². The van der Waals surface area contributed by atoms with Gasteiger partial charge in [-0.15, -0.1) is 24.2 Å². The molecule has 7 heteroatoms. The number of amides is 1. The molecule has 1 aromatic rings. The fourth-order valence-corrected chi connectivity index (χ4v) is 3.52. The van der Waals surface area contributed by atoms with Gasteiger partial charge in [0.2, 0.25) is 5.91 Å². The third kappa shape index (κ3) is 7.90. The second-order valence-corrected chi connectivity index (χ2v) is 7.78. The summed E-state index contributed by atoms with van der Waals surface area (Å²) in [6.45, 7) is 8.16. The number of nitrogens with one attached hydrogen (secondary N) is 2. The van der Waals surface area contributed by atoms with Crippen molar-refractivity contribution in [3.05, 3.63) is 28.7 Å². The van der Waals surface area contributed by atoms with Gasteiger partial charge in [-0.3, -0.25) is 4.79 Å². The van der Waals surface area contributed by atoms with E-state index in [0.29, 0.717) is 0 Å². The van der Waals surface area contributed by atoms with Crippen LogP contribution in [0.15, 0.2) is 33.6 Å². The average Bonchev–Trinajstić information content (AvgIpc) is 2.54. The first-order valence-corrected chi connectivity index (χ1v) is 9.45. The van der Waals surface area contributed by atoms with Crippen LogP contribution in [0.1, 0.15) is 13.3 Å². The van der Waals surface area contributed by atoms with Crippen molar-refractivity contribution in [1.29, 1.82) is 0 Å². The van der Waals surface area contributed by atoms with Crippen LogP contribution in [0.4, 0.5) is 0 Å². The van der Waals surface area contributed by atoms with E-state index in [9.17, 15) is 4.79 Å². The van der Waals surface area contributed by atoms with Gasteiger partial charge in [0.1, 0.15) is 0 Å². The number of hydrogen-bond donors (Lipinski definition) is 2. The first kappa shape index (κ1) is 20.8. The molecule has 0 saturated carbocycles. The lowest BCUT2D eigenvalue weighted by molar-refractivity contribution is -0.120. The lowest BCUT2D eigenvalue weighted by atomic mass is 10.3. The van der Waals surface area contributed by atoms with Gasteiger partial charge in [-0.25, -0.2) is 0 Å². The monoisotopic (exact) mass is 421 g/mol. The summed E-state index contributed by atoms with van der Waals surface area (Å²) >= 11 is 5.01. The molecule has 23 heavy (non-hydrogen) atoms. The summed E-state index contributed by atoms with van der Waals surface area (Å²) in [5.74, 6) is 0.119. The third-order valence-electron chi connectivity index (χ3n) is 3.66. The number of nitrogens with zero attached hydrogens (tertiary/aromatic N) is 1. The first-order chi connectivity index (χ1) is 10.6. The minimum atomic E-state index is -0.0691. The Morgan fingerprint density at radius 3 is 2.65 bits per heavy atom. The van der Waals surface area contributed by atoms with Crippen LogP contribution in [0.3, 0.4) is 0 Å². The highest BCUT2D eigenvalue weighted by Gasteiger charge is 2.14. The third-order valence-corrected chi connectivity index (χ3v) is 5.30. The summed E-state index contributed by atoms with van der Waals surface area (Å²) in [6.07, 6.45) is 1.02. The van der Waals surface area contributed by atoms with Crippen molar-refractivity contribution in [1.82, 2.24) is 15.5 Å². The minimum absolute atomic E-state index is 0.